The van der Waals surface area contributed by atoms with Crippen molar-refractivity contribution in [3.05, 3.63) is 46.9 Å². The van der Waals surface area contributed by atoms with Crippen LogP contribution in [0.25, 0.3) is 0 Å². The van der Waals surface area contributed by atoms with Crippen LogP contribution in [0.1, 0.15) is 11.1 Å². The minimum absolute atomic E-state index is 0.478. The highest BCUT2D eigenvalue weighted by Crippen LogP contribution is 2.23. The zero-order valence-electron chi connectivity index (χ0n) is 9.16. The Kier molecular flexibility index (Phi) is 3.06. The van der Waals surface area contributed by atoms with Crippen LogP contribution < -0.4 is 5.32 Å². The van der Waals surface area contributed by atoms with Crippen molar-refractivity contribution in [1.29, 1.82) is 0 Å². The van der Waals surface area contributed by atoms with E-state index >= 15 is 0 Å². The predicted molar refractivity (Wildman–Crippen MR) is 66.2 cm³/mol. The average Bonchev–Trinajstić information content (AvgIpc) is 2.28. The van der Waals surface area contributed by atoms with Crippen molar-refractivity contribution < 1.29 is 0 Å². The highest BCUT2D eigenvalue weighted by atomic mass is 35.5. The maximum Gasteiger partial charge on any atom is 0.138 e. The second-order valence-corrected chi connectivity index (χ2v) is 3.94. The molecule has 82 valence electrons. The van der Waals surface area contributed by atoms with E-state index in [9.17, 15) is 0 Å². The zero-order chi connectivity index (χ0) is 11.5. The Bertz CT molecular complexity index is 511. The van der Waals surface area contributed by atoms with E-state index in [0.717, 1.165) is 22.6 Å². The van der Waals surface area contributed by atoms with Gasteiger partial charge in [0, 0.05) is 11.3 Å². The molecule has 1 aromatic carbocycles. The van der Waals surface area contributed by atoms with Gasteiger partial charge >= 0.3 is 0 Å². The van der Waals surface area contributed by atoms with Gasteiger partial charge in [-0.1, -0.05) is 29.8 Å². The molecule has 2 aromatic rings. The molecule has 0 saturated carbocycles. The molecule has 0 amide bonds. The third-order valence-electron chi connectivity index (χ3n) is 2.42. The fraction of sp³-hybridized carbons (Fsp3) is 0.167. The van der Waals surface area contributed by atoms with E-state index in [0.29, 0.717) is 5.15 Å². The lowest BCUT2D eigenvalue weighted by molar-refractivity contribution is 1.13. The van der Waals surface area contributed by atoms with Crippen molar-refractivity contribution in [2.75, 3.05) is 5.32 Å². The number of hydrogen-bond donors (Lipinski definition) is 1. The monoisotopic (exact) mass is 233 g/mol. The van der Waals surface area contributed by atoms with Crippen LogP contribution in [0.3, 0.4) is 0 Å². The predicted octanol–water partition coefficient (Wildman–Crippen LogP) is 3.49. The molecule has 0 aliphatic rings. The van der Waals surface area contributed by atoms with Crippen molar-refractivity contribution in [2.24, 2.45) is 0 Å². The number of benzene rings is 1. The molecular formula is C12H12ClN3. The molecule has 1 N–H and O–H groups in total. The summed E-state index contributed by atoms with van der Waals surface area (Å²) in [5.41, 5.74) is 3.05. The summed E-state index contributed by atoms with van der Waals surface area (Å²) in [7, 11) is 0. The first-order chi connectivity index (χ1) is 7.68. The fourth-order valence-corrected chi connectivity index (χ4v) is 1.53. The molecule has 0 unspecified atom stereocenters. The lowest BCUT2D eigenvalue weighted by atomic mass is 10.2. The molecule has 0 saturated heterocycles. The van der Waals surface area contributed by atoms with E-state index in [2.05, 4.69) is 15.3 Å². The Labute approximate surface area is 99.5 Å². The van der Waals surface area contributed by atoms with Gasteiger partial charge < -0.3 is 5.32 Å². The summed E-state index contributed by atoms with van der Waals surface area (Å²) >= 11 is 5.93. The van der Waals surface area contributed by atoms with Crippen LogP contribution >= 0.6 is 11.6 Å². The molecule has 3 nitrogen and oxygen atoms in total. The number of nitrogens with zero attached hydrogens (tertiary/aromatic N) is 2. The van der Waals surface area contributed by atoms with E-state index in [1.165, 1.54) is 6.33 Å². The third kappa shape index (κ3) is 2.14. The Hall–Kier alpha value is -1.61. The first-order valence-electron chi connectivity index (χ1n) is 4.98. The number of anilines is 2. The standard InChI is InChI=1S/C12H12ClN3/c1-8-5-3-4-6-10(8)16-12-9(2)11(13)14-7-15-12/h3-7H,1-2H3,(H,14,15,16). The summed E-state index contributed by atoms with van der Waals surface area (Å²) < 4.78 is 0. The van der Waals surface area contributed by atoms with Gasteiger partial charge in [-0.3, -0.25) is 0 Å². The number of hydrogen-bond acceptors (Lipinski definition) is 3. The Morgan fingerprint density at radius 1 is 1.12 bits per heavy atom. The van der Waals surface area contributed by atoms with E-state index in [1.807, 2.05) is 38.1 Å². The summed E-state index contributed by atoms with van der Waals surface area (Å²) in [4.78, 5) is 8.09. The van der Waals surface area contributed by atoms with Crippen LogP contribution in [0.4, 0.5) is 11.5 Å². The first-order valence-corrected chi connectivity index (χ1v) is 5.36. The molecule has 0 spiro atoms. The van der Waals surface area contributed by atoms with Crippen LogP contribution in [0, 0.1) is 13.8 Å². The van der Waals surface area contributed by atoms with Gasteiger partial charge in [-0.05, 0) is 25.5 Å². The minimum Gasteiger partial charge on any atom is -0.340 e. The number of aryl methyl sites for hydroxylation is 1. The molecular weight excluding hydrogens is 222 g/mol. The van der Waals surface area contributed by atoms with Crippen molar-refractivity contribution in [2.45, 2.75) is 13.8 Å². The molecule has 0 aliphatic carbocycles. The lowest BCUT2D eigenvalue weighted by Crippen LogP contribution is -1.99. The van der Waals surface area contributed by atoms with E-state index in [-0.39, 0.29) is 0 Å². The molecule has 2 rings (SSSR count). The molecule has 16 heavy (non-hydrogen) atoms. The van der Waals surface area contributed by atoms with E-state index in [1.54, 1.807) is 0 Å². The maximum atomic E-state index is 5.93. The Morgan fingerprint density at radius 3 is 2.62 bits per heavy atom. The van der Waals surface area contributed by atoms with Crippen LogP contribution in [0.2, 0.25) is 5.15 Å². The SMILES string of the molecule is Cc1ccccc1Nc1ncnc(Cl)c1C. The lowest BCUT2D eigenvalue weighted by Gasteiger charge is -2.10. The van der Waals surface area contributed by atoms with Crippen LogP contribution in [0.15, 0.2) is 30.6 Å². The summed E-state index contributed by atoms with van der Waals surface area (Å²) in [5, 5.41) is 3.72. The quantitative estimate of drug-likeness (QED) is 0.807. The van der Waals surface area contributed by atoms with Crippen molar-refractivity contribution in [1.82, 2.24) is 9.97 Å². The number of rotatable bonds is 2. The van der Waals surface area contributed by atoms with Gasteiger partial charge in [0.05, 0.1) is 0 Å². The van der Waals surface area contributed by atoms with Gasteiger partial charge in [0.1, 0.15) is 17.3 Å². The molecule has 4 heteroatoms. The van der Waals surface area contributed by atoms with E-state index < -0.39 is 0 Å². The molecule has 0 fully saturated rings. The minimum atomic E-state index is 0.478. The number of aromatic nitrogens is 2. The maximum absolute atomic E-state index is 5.93. The van der Waals surface area contributed by atoms with Gasteiger partial charge in [0.15, 0.2) is 0 Å². The van der Waals surface area contributed by atoms with Gasteiger partial charge in [0.2, 0.25) is 0 Å². The molecule has 0 radical (unpaired) electrons. The Balaban J connectivity index is 2.35. The normalized spacial score (nSPS) is 10.2. The van der Waals surface area contributed by atoms with Crippen LogP contribution in [0.5, 0.6) is 0 Å². The molecule has 1 aromatic heterocycles. The highest BCUT2D eigenvalue weighted by molar-refractivity contribution is 6.30. The topological polar surface area (TPSA) is 37.8 Å². The molecule has 0 aliphatic heterocycles. The molecule has 0 bridgehead atoms. The third-order valence-corrected chi connectivity index (χ3v) is 2.80. The van der Waals surface area contributed by atoms with Gasteiger partial charge in [-0.2, -0.15) is 0 Å². The molecule has 1 heterocycles. The van der Waals surface area contributed by atoms with E-state index in [4.69, 9.17) is 11.6 Å². The van der Waals surface area contributed by atoms with Gasteiger partial charge in [-0.25, -0.2) is 9.97 Å². The Morgan fingerprint density at radius 2 is 1.88 bits per heavy atom. The average molecular weight is 234 g/mol. The number of halogens is 1. The summed E-state index contributed by atoms with van der Waals surface area (Å²) in [5.74, 6) is 0.745. The van der Waals surface area contributed by atoms with Crippen molar-refractivity contribution >= 4 is 23.1 Å². The first kappa shape index (κ1) is 10.9. The molecule has 0 atom stereocenters. The summed E-state index contributed by atoms with van der Waals surface area (Å²) in [6.07, 6.45) is 1.45. The highest BCUT2D eigenvalue weighted by Gasteiger charge is 2.05. The van der Waals surface area contributed by atoms with Gasteiger partial charge in [-0.15, -0.1) is 0 Å². The van der Waals surface area contributed by atoms with Crippen molar-refractivity contribution in [3.8, 4) is 0 Å². The summed E-state index contributed by atoms with van der Waals surface area (Å²) in [6, 6.07) is 8.03. The summed E-state index contributed by atoms with van der Waals surface area (Å²) in [6.45, 7) is 3.93. The number of para-hydroxylation sites is 1. The van der Waals surface area contributed by atoms with Crippen molar-refractivity contribution in [3.63, 3.8) is 0 Å². The van der Waals surface area contributed by atoms with Crippen LogP contribution in [-0.2, 0) is 0 Å². The second-order valence-electron chi connectivity index (χ2n) is 3.58. The van der Waals surface area contributed by atoms with Crippen LogP contribution in [-0.4, -0.2) is 9.97 Å². The smallest absolute Gasteiger partial charge is 0.138 e. The second kappa shape index (κ2) is 4.49. The van der Waals surface area contributed by atoms with Gasteiger partial charge in [0.25, 0.3) is 0 Å². The largest absolute Gasteiger partial charge is 0.340 e. The number of nitrogens with one attached hydrogen (secondary N) is 1. The zero-order valence-corrected chi connectivity index (χ0v) is 9.92. The fourth-order valence-electron chi connectivity index (χ4n) is 1.40.